The van der Waals surface area contributed by atoms with Crippen LogP contribution in [0.3, 0.4) is 0 Å². The van der Waals surface area contributed by atoms with E-state index in [1.165, 1.54) is 0 Å². The average molecular weight is 222 g/mol. The molecule has 0 atom stereocenters. The molecule has 0 aromatic carbocycles. The normalized spacial score (nSPS) is 4.36. The Morgan fingerprint density at radius 3 is 1.18 bits per heavy atom. The topological polar surface area (TPSA) is 107 Å². The van der Waals surface area contributed by atoms with Crippen LogP contribution < -0.4 is 0 Å². The molecule has 1 aromatic rings. The van der Waals surface area contributed by atoms with E-state index in [1.807, 2.05) is 18.2 Å². The maximum atomic E-state index is 3.78. The fraction of sp³-hybridized carbons (Fsp3) is 0. The Morgan fingerprint density at radius 1 is 0.727 bits per heavy atom. The van der Waals surface area contributed by atoms with Crippen molar-refractivity contribution in [3.8, 4) is 0 Å². The van der Waals surface area contributed by atoms with Crippen LogP contribution in [0.2, 0.25) is 0 Å². The summed E-state index contributed by atoms with van der Waals surface area (Å²) in [5.74, 6) is 0. The van der Waals surface area contributed by atoms with Crippen molar-refractivity contribution < 1.29 is 33.8 Å². The molecule has 0 spiro atoms. The van der Waals surface area contributed by atoms with Crippen LogP contribution in [0.1, 0.15) is 0 Å². The SMILES string of the molecule is Cl.O.O.O.[Cr].c1ccncc1. The van der Waals surface area contributed by atoms with Crippen LogP contribution in [0.5, 0.6) is 0 Å². The summed E-state index contributed by atoms with van der Waals surface area (Å²) in [4.78, 5) is 3.78. The van der Waals surface area contributed by atoms with Gasteiger partial charge in [0.2, 0.25) is 0 Å². The van der Waals surface area contributed by atoms with Gasteiger partial charge in [-0.15, -0.1) is 12.4 Å². The van der Waals surface area contributed by atoms with Crippen molar-refractivity contribution in [3.63, 3.8) is 0 Å². The molecule has 0 amide bonds. The van der Waals surface area contributed by atoms with Gasteiger partial charge in [0.25, 0.3) is 0 Å². The quantitative estimate of drug-likeness (QED) is 0.552. The molecule has 6 heteroatoms. The Morgan fingerprint density at radius 2 is 1.09 bits per heavy atom. The zero-order valence-corrected chi connectivity index (χ0v) is 7.74. The van der Waals surface area contributed by atoms with Gasteiger partial charge in [0, 0.05) is 29.8 Å². The third-order valence-corrected chi connectivity index (χ3v) is 0.566. The summed E-state index contributed by atoms with van der Waals surface area (Å²) in [7, 11) is 0. The number of pyridine rings is 1. The molecular formula is C5H12ClCrNO3. The van der Waals surface area contributed by atoms with Gasteiger partial charge in [-0.3, -0.25) is 4.98 Å². The largest absolute Gasteiger partial charge is 0.412 e. The second-order valence-electron chi connectivity index (χ2n) is 1.02. The van der Waals surface area contributed by atoms with Gasteiger partial charge < -0.3 is 16.4 Å². The molecule has 1 heterocycles. The van der Waals surface area contributed by atoms with Gasteiger partial charge >= 0.3 is 0 Å². The predicted octanol–water partition coefficient (Wildman–Crippen LogP) is -0.973. The summed E-state index contributed by atoms with van der Waals surface area (Å²) in [5.41, 5.74) is 0. The van der Waals surface area contributed by atoms with Crippen molar-refractivity contribution >= 4 is 12.4 Å². The molecular weight excluding hydrogens is 210 g/mol. The van der Waals surface area contributed by atoms with Crippen LogP contribution in [0.4, 0.5) is 0 Å². The van der Waals surface area contributed by atoms with Crippen molar-refractivity contribution in [3.05, 3.63) is 30.6 Å². The van der Waals surface area contributed by atoms with Gasteiger partial charge in [-0.1, -0.05) is 6.07 Å². The van der Waals surface area contributed by atoms with Crippen molar-refractivity contribution in [2.24, 2.45) is 0 Å². The molecule has 0 unspecified atom stereocenters. The molecule has 0 aliphatic carbocycles. The van der Waals surface area contributed by atoms with Gasteiger partial charge in [0.15, 0.2) is 0 Å². The van der Waals surface area contributed by atoms with Crippen molar-refractivity contribution in [2.45, 2.75) is 0 Å². The van der Waals surface area contributed by atoms with Crippen LogP contribution in [0, 0.1) is 0 Å². The minimum absolute atomic E-state index is 0. The summed E-state index contributed by atoms with van der Waals surface area (Å²) in [6, 6.07) is 5.72. The fourth-order valence-corrected chi connectivity index (χ4v) is 0.313. The molecule has 4 nitrogen and oxygen atoms in total. The molecule has 0 bridgehead atoms. The maximum absolute atomic E-state index is 3.78. The monoisotopic (exact) mass is 221 g/mol. The first kappa shape index (κ1) is 30.8. The Balaban J connectivity index is -0.0000000240. The van der Waals surface area contributed by atoms with Gasteiger partial charge in [0.1, 0.15) is 0 Å². The van der Waals surface area contributed by atoms with Crippen LogP contribution in [-0.2, 0) is 17.4 Å². The molecule has 6 N–H and O–H groups in total. The number of hydrogen-bond donors (Lipinski definition) is 0. The third-order valence-electron chi connectivity index (χ3n) is 0.566. The smallest absolute Gasteiger partial charge is 0.0267 e. The van der Waals surface area contributed by atoms with E-state index in [-0.39, 0.29) is 46.2 Å². The molecule has 1 aromatic heterocycles. The molecule has 0 fully saturated rings. The van der Waals surface area contributed by atoms with E-state index in [4.69, 9.17) is 0 Å². The van der Waals surface area contributed by atoms with E-state index >= 15 is 0 Å². The van der Waals surface area contributed by atoms with E-state index in [2.05, 4.69) is 4.98 Å². The first-order valence-corrected chi connectivity index (χ1v) is 1.85. The molecule has 68 valence electrons. The number of rotatable bonds is 0. The molecule has 0 saturated carbocycles. The summed E-state index contributed by atoms with van der Waals surface area (Å²) in [6.07, 6.45) is 3.50. The van der Waals surface area contributed by atoms with Gasteiger partial charge in [-0.05, 0) is 12.1 Å². The average Bonchev–Trinajstić information content (AvgIpc) is 1.72. The van der Waals surface area contributed by atoms with Crippen molar-refractivity contribution in [2.75, 3.05) is 0 Å². The van der Waals surface area contributed by atoms with E-state index < -0.39 is 0 Å². The molecule has 0 aliphatic heterocycles. The number of aromatic nitrogens is 1. The number of halogens is 1. The van der Waals surface area contributed by atoms with Crippen molar-refractivity contribution in [1.82, 2.24) is 4.98 Å². The predicted molar refractivity (Wildman–Crippen MR) is 42.3 cm³/mol. The second-order valence-corrected chi connectivity index (χ2v) is 1.02. The number of nitrogens with zero attached hydrogens (tertiary/aromatic N) is 1. The fourth-order valence-electron chi connectivity index (χ4n) is 0.313. The van der Waals surface area contributed by atoms with Crippen LogP contribution in [0.15, 0.2) is 30.6 Å². The zero-order valence-electron chi connectivity index (χ0n) is 5.65. The molecule has 0 radical (unpaired) electrons. The van der Waals surface area contributed by atoms with E-state index in [0.717, 1.165) is 0 Å². The van der Waals surface area contributed by atoms with Crippen LogP contribution in [0.25, 0.3) is 0 Å². The standard InChI is InChI=1S/C5H5N.ClH.Cr.3H2O/c1-2-4-6-5-3-1;;;;;/h1-5H;1H;;3*1H2. The molecule has 1 rings (SSSR count). The summed E-state index contributed by atoms with van der Waals surface area (Å²) < 4.78 is 0. The van der Waals surface area contributed by atoms with Gasteiger partial charge in [0.05, 0.1) is 0 Å². The summed E-state index contributed by atoms with van der Waals surface area (Å²) >= 11 is 0. The summed E-state index contributed by atoms with van der Waals surface area (Å²) in [5, 5.41) is 0. The van der Waals surface area contributed by atoms with Gasteiger partial charge in [-0.2, -0.15) is 0 Å². The molecule has 0 aliphatic rings. The summed E-state index contributed by atoms with van der Waals surface area (Å²) in [6.45, 7) is 0. The maximum Gasteiger partial charge on any atom is 0.0267 e. The first-order chi connectivity index (χ1) is 3.00. The minimum atomic E-state index is 0. The third kappa shape index (κ3) is 17.7. The van der Waals surface area contributed by atoms with E-state index in [0.29, 0.717) is 0 Å². The van der Waals surface area contributed by atoms with Gasteiger partial charge in [-0.25, -0.2) is 0 Å². The van der Waals surface area contributed by atoms with Crippen molar-refractivity contribution in [1.29, 1.82) is 0 Å². The van der Waals surface area contributed by atoms with Crippen LogP contribution >= 0.6 is 12.4 Å². The number of hydrogen-bond acceptors (Lipinski definition) is 1. The molecule has 11 heavy (non-hydrogen) atoms. The Hall–Kier alpha value is -0.148. The molecule has 0 saturated heterocycles. The zero-order chi connectivity index (χ0) is 4.24. The first-order valence-electron chi connectivity index (χ1n) is 1.85. The van der Waals surface area contributed by atoms with E-state index in [1.54, 1.807) is 12.4 Å². The Kier molecular flexibility index (Phi) is 63.0. The minimum Gasteiger partial charge on any atom is -0.412 e. The van der Waals surface area contributed by atoms with Crippen LogP contribution in [-0.4, -0.2) is 21.4 Å². The second kappa shape index (κ2) is 22.5. The Labute approximate surface area is 82.1 Å². The Bertz CT molecular complexity index is 93.7. The van der Waals surface area contributed by atoms with E-state index in [9.17, 15) is 0 Å².